The van der Waals surface area contributed by atoms with Gasteiger partial charge in [0, 0.05) is 0 Å². The van der Waals surface area contributed by atoms with Crippen molar-refractivity contribution < 1.29 is 23.6 Å². The van der Waals surface area contributed by atoms with E-state index in [1.54, 1.807) is 0 Å². The highest BCUT2D eigenvalue weighted by Gasteiger charge is 2.28. The molecule has 0 saturated carbocycles. The van der Waals surface area contributed by atoms with Gasteiger partial charge in [-0.05, 0) is 29.2 Å². The Morgan fingerprint density at radius 1 is 1.30 bits per heavy atom. The summed E-state index contributed by atoms with van der Waals surface area (Å²) in [7, 11) is 0. The monoisotopic (exact) mass is 373 g/mol. The zero-order valence-corrected chi connectivity index (χ0v) is 15.1. The van der Waals surface area contributed by atoms with Gasteiger partial charge in [0.25, 0.3) is 5.91 Å². The van der Waals surface area contributed by atoms with E-state index >= 15 is 0 Å². The van der Waals surface area contributed by atoms with Crippen LogP contribution in [-0.2, 0) is 10.2 Å². The molecule has 3 rings (SSSR count). The van der Waals surface area contributed by atoms with Gasteiger partial charge in [0.2, 0.25) is 6.10 Å². The molecular formula is C18H19N3O6. The summed E-state index contributed by atoms with van der Waals surface area (Å²) < 4.78 is 16.2. The summed E-state index contributed by atoms with van der Waals surface area (Å²) >= 11 is 0. The van der Waals surface area contributed by atoms with Crippen molar-refractivity contribution in [1.29, 1.82) is 0 Å². The van der Waals surface area contributed by atoms with E-state index in [2.05, 4.69) is 31.3 Å². The Kier molecular flexibility index (Phi) is 4.85. The third kappa shape index (κ3) is 4.25. The molecule has 0 unspecified atom stereocenters. The van der Waals surface area contributed by atoms with Gasteiger partial charge in [-0.25, -0.2) is 5.43 Å². The van der Waals surface area contributed by atoms with E-state index in [1.807, 2.05) is 18.2 Å². The van der Waals surface area contributed by atoms with Crippen LogP contribution in [0.5, 0.6) is 11.5 Å². The number of hydrazone groups is 1. The molecule has 1 aliphatic heterocycles. The first kappa shape index (κ1) is 18.4. The van der Waals surface area contributed by atoms with Gasteiger partial charge in [0.15, 0.2) is 17.3 Å². The Morgan fingerprint density at radius 2 is 2.07 bits per heavy atom. The zero-order valence-electron chi connectivity index (χ0n) is 15.1. The maximum absolute atomic E-state index is 12.2. The van der Waals surface area contributed by atoms with E-state index in [9.17, 15) is 14.9 Å². The van der Waals surface area contributed by atoms with Crippen molar-refractivity contribution >= 4 is 18.0 Å². The van der Waals surface area contributed by atoms with E-state index in [0.717, 1.165) is 5.56 Å². The van der Waals surface area contributed by atoms with Crippen LogP contribution in [-0.4, -0.2) is 29.8 Å². The molecule has 0 spiro atoms. The van der Waals surface area contributed by atoms with Gasteiger partial charge in [0.05, 0.1) is 12.3 Å². The lowest BCUT2D eigenvalue weighted by atomic mass is 9.87. The molecule has 0 bridgehead atoms. The second kappa shape index (κ2) is 7.10. The highest BCUT2D eigenvalue weighted by Crippen LogP contribution is 2.36. The number of rotatable bonds is 4. The van der Waals surface area contributed by atoms with Crippen LogP contribution in [0.1, 0.15) is 32.1 Å². The number of carbonyl (C=O) groups excluding carboxylic acids is 1. The normalized spacial score (nSPS) is 16.3. The molecular weight excluding hydrogens is 354 g/mol. The van der Waals surface area contributed by atoms with Gasteiger partial charge in [0.1, 0.15) is 11.5 Å². The number of amides is 1. The van der Waals surface area contributed by atoms with Gasteiger partial charge >= 0.3 is 5.88 Å². The second-order valence-corrected chi connectivity index (χ2v) is 7.00. The van der Waals surface area contributed by atoms with Crippen LogP contribution >= 0.6 is 0 Å². The van der Waals surface area contributed by atoms with Gasteiger partial charge in [-0.15, -0.1) is 0 Å². The van der Waals surface area contributed by atoms with Gasteiger partial charge in [-0.2, -0.15) is 5.10 Å². The number of fused-ring (bicyclic) bond motifs is 1. The minimum absolute atomic E-state index is 0.0510. The van der Waals surface area contributed by atoms with Crippen LogP contribution in [0, 0.1) is 10.1 Å². The molecule has 27 heavy (non-hydrogen) atoms. The number of ether oxygens (including phenoxy) is 2. The predicted molar refractivity (Wildman–Crippen MR) is 96.2 cm³/mol. The minimum atomic E-state index is -0.865. The van der Waals surface area contributed by atoms with Gasteiger partial charge in [-0.3, -0.25) is 14.9 Å². The van der Waals surface area contributed by atoms with Crippen LogP contribution < -0.4 is 14.9 Å². The van der Waals surface area contributed by atoms with Crippen LogP contribution in [0.3, 0.4) is 0 Å². The molecule has 9 heteroatoms. The van der Waals surface area contributed by atoms with Crippen LogP contribution in [0.15, 0.2) is 39.9 Å². The average Bonchev–Trinajstić information content (AvgIpc) is 3.09. The second-order valence-electron chi connectivity index (χ2n) is 7.00. The fraction of sp³-hybridized carbons (Fsp3) is 0.333. The summed E-state index contributed by atoms with van der Waals surface area (Å²) in [6, 6.07) is 8.23. The van der Waals surface area contributed by atoms with E-state index in [1.165, 1.54) is 18.3 Å². The first-order valence-corrected chi connectivity index (χ1v) is 8.25. The third-order valence-corrected chi connectivity index (χ3v) is 3.92. The minimum Gasteiger partial charge on any atom is -0.485 e. The number of nitrogens with zero attached hydrogens (tertiary/aromatic N) is 2. The number of hydrogen-bond acceptors (Lipinski definition) is 7. The maximum Gasteiger partial charge on any atom is 0.433 e. The number of hydrogen-bond donors (Lipinski definition) is 1. The van der Waals surface area contributed by atoms with Crippen molar-refractivity contribution in [2.75, 3.05) is 6.61 Å². The first-order valence-electron chi connectivity index (χ1n) is 8.25. The van der Waals surface area contributed by atoms with Crippen LogP contribution in [0.2, 0.25) is 0 Å². The Hall–Kier alpha value is -3.36. The standard InChI is InChI=1S/C18H19N3O6/c1-18(2,3)11-4-6-13-14(8-11)27-15(10-25-13)17(22)20-19-9-12-5-7-16(26-12)21(23)24/h4-9,15H,10H2,1-3H3,(H,20,22)/b19-9-/t15-/m1/s1. The molecule has 0 fully saturated rings. The number of furan rings is 1. The molecule has 142 valence electrons. The molecule has 0 aliphatic carbocycles. The summed E-state index contributed by atoms with van der Waals surface area (Å²) in [5, 5.41) is 14.3. The number of nitrogens with one attached hydrogen (secondary N) is 1. The number of benzene rings is 1. The largest absolute Gasteiger partial charge is 0.485 e. The molecule has 1 N–H and O–H groups in total. The molecule has 0 saturated heterocycles. The Labute approximate surface area is 155 Å². The summed E-state index contributed by atoms with van der Waals surface area (Å²) in [4.78, 5) is 22.1. The Bertz CT molecular complexity index is 897. The molecule has 1 aromatic carbocycles. The van der Waals surface area contributed by atoms with Crippen molar-refractivity contribution in [2.45, 2.75) is 32.3 Å². The van der Waals surface area contributed by atoms with E-state index in [0.29, 0.717) is 11.5 Å². The average molecular weight is 373 g/mol. The zero-order chi connectivity index (χ0) is 19.6. The summed E-state index contributed by atoms with van der Waals surface area (Å²) in [6.07, 6.45) is 0.302. The van der Waals surface area contributed by atoms with Crippen LogP contribution in [0.4, 0.5) is 5.88 Å². The molecule has 9 nitrogen and oxygen atoms in total. The summed E-state index contributed by atoms with van der Waals surface area (Å²) in [5.41, 5.74) is 3.30. The lowest BCUT2D eigenvalue weighted by Crippen LogP contribution is -2.42. The van der Waals surface area contributed by atoms with E-state index in [-0.39, 0.29) is 17.8 Å². The predicted octanol–water partition coefficient (Wildman–Crippen LogP) is 2.78. The fourth-order valence-electron chi connectivity index (χ4n) is 2.41. The van der Waals surface area contributed by atoms with Crippen LogP contribution in [0.25, 0.3) is 0 Å². The Balaban J connectivity index is 1.63. The Morgan fingerprint density at radius 3 is 2.74 bits per heavy atom. The third-order valence-electron chi connectivity index (χ3n) is 3.92. The van der Waals surface area contributed by atoms with Crippen molar-refractivity contribution in [2.24, 2.45) is 5.10 Å². The summed E-state index contributed by atoms with van der Waals surface area (Å²) in [6.45, 7) is 6.29. The molecule has 1 aliphatic rings. The van der Waals surface area contributed by atoms with Crippen molar-refractivity contribution in [1.82, 2.24) is 5.43 Å². The number of nitro groups is 1. The van der Waals surface area contributed by atoms with Gasteiger partial charge in [-0.1, -0.05) is 26.8 Å². The van der Waals surface area contributed by atoms with Crippen molar-refractivity contribution in [3.8, 4) is 11.5 Å². The van der Waals surface area contributed by atoms with E-state index in [4.69, 9.17) is 13.9 Å². The molecule has 2 heterocycles. The number of carbonyl (C=O) groups is 1. The molecule has 1 aromatic heterocycles. The topological polar surface area (TPSA) is 116 Å². The lowest BCUT2D eigenvalue weighted by molar-refractivity contribution is -0.402. The lowest BCUT2D eigenvalue weighted by Gasteiger charge is -2.27. The highest BCUT2D eigenvalue weighted by molar-refractivity contribution is 5.84. The molecule has 1 atom stereocenters. The maximum atomic E-state index is 12.2. The van der Waals surface area contributed by atoms with E-state index < -0.39 is 22.8 Å². The fourth-order valence-corrected chi connectivity index (χ4v) is 2.41. The quantitative estimate of drug-likeness (QED) is 0.500. The van der Waals surface area contributed by atoms with Gasteiger partial charge < -0.3 is 13.9 Å². The van der Waals surface area contributed by atoms with Crippen molar-refractivity contribution in [3.63, 3.8) is 0 Å². The molecule has 1 amide bonds. The summed E-state index contributed by atoms with van der Waals surface area (Å²) in [5.74, 6) is 0.318. The smallest absolute Gasteiger partial charge is 0.433 e. The highest BCUT2D eigenvalue weighted by atomic mass is 16.6. The molecule has 2 aromatic rings. The van der Waals surface area contributed by atoms with Crippen molar-refractivity contribution in [3.05, 3.63) is 51.8 Å². The molecule has 0 radical (unpaired) electrons. The SMILES string of the molecule is CC(C)(C)c1ccc2c(c1)O[C@@H](C(=O)N/N=C\c1ccc([N+](=O)[O-])o1)CO2. The first-order chi connectivity index (χ1) is 12.7.